The lowest BCUT2D eigenvalue weighted by Crippen LogP contribution is -2.24. The fourth-order valence-corrected chi connectivity index (χ4v) is 2.02. The van der Waals surface area contributed by atoms with Crippen molar-refractivity contribution in [1.82, 2.24) is 15.0 Å². The molecule has 0 radical (unpaired) electrons. The van der Waals surface area contributed by atoms with Gasteiger partial charge in [-0.25, -0.2) is 0 Å². The second-order valence-corrected chi connectivity index (χ2v) is 5.21. The van der Waals surface area contributed by atoms with Crippen LogP contribution in [-0.4, -0.2) is 35.2 Å². The topological polar surface area (TPSA) is 51.4 Å². The van der Waals surface area contributed by atoms with Crippen LogP contribution in [0.3, 0.4) is 0 Å². The minimum Gasteiger partial charge on any atom is -0.492 e. The molecule has 0 N–H and O–H groups in total. The summed E-state index contributed by atoms with van der Waals surface area (Å²) in [5.74, 6) is 2.39. The Morgan fingerprint density at radius 2 is 2.10 bits per heavy atom. The van der Waals surface area contributed by atoms with E-state index in [-0.39, 0.29) is 0 Å². The van der Waals surface area contributed by atoms with Gasteiger partial charge in [0.1, 0.15) is 12.4 Å². The molecule has 0 aliphatic carbocycles. The van der Waals surface area contributed by atoms with Gasteiger partial charge in [-0.15, -0.1) is 0 Å². The first-order valence-electron chi connectivity index (χ1n) is 7.37. The van der Waals surface area contributed by atoms with Gasteiger partial charge in [0.15, 0.2) is 5.82 Å². The molecule has 1 heterocycles. The van der Waals surface area contributed by atoms with Gasteiger partial charge in [-0.05, 0) is 32.0 Å². The van der Waals surface area contributed by atoms with E-state index in [0.717, 1.165) is 36.5 Å². The van der Waals surface area contributed by atoms with Crippen molar-refractivity contribution < 1.29 is 9.26 Å². The molecule has 0 aliphatic heterocycles. The molecule has 1 aromatic heterocycles. The van der Waals surface area contributed by atoms with Gasteiger partial charge in [-0.2, -0.15) is 4.98 Å². The second-order valence-electron chi connectivity index (χ2n) is 5.21. The molecule has 2 aromatic rings. The zero-order chi connectivity index (χ0) is 15.1. The summed E-state index contributed by atoms with van der Waals surface area (Å²) in [5, 5.41) is 3.95. The van der Waals surface area contributed by atoms with Gasteiger partial charge < -0.3 is 9.26 Å². The molecule has 5 nitrogen and oxygen atoms in total. The van der Waals surface area contributed by atoms with Crippen LogP contribution in [0.1, 0.15) is 30.6 Å². The Hall–Kier alpha value is -1.88. The number of rotatable bonds is 8. The van der Waals surface area contributed by atoms with Gasteiger partial charge in [0, 0.05) is 13.0 Å². The van der Waals surface area contributed by atoms with Crippen LogP contribution in [0.2, 0.25) is 0 Å². The van der Waals surface area contributed by atoms with Crippen LogP contribution in [0.25, 0.3) is 0 Å². The molecule has 2 rings (SSSR count). The van der Waals surface area contributed by atoms with Crippen LogP contribution in [0.15, 0.2) is 28.8 Å². The number of benzene rings is 1. The summed E-state index contributed by atoms with van der Waals surface area (Å²) in [6, 6.07) is 8.04. The van der Waals surface area contributed by atoms with E-state index in [1.165, 1.54) is 0 Å². The first kappa shape index (κ1) is 15.5. The second kappa shape index (κ2) is 7.78. The normalized spacial score (nSPS) is 11.0. The number of hydrogen-bond donors (Lipinski definition) is 0. The number of nitrogens with zero attached hydrogens (tertiary/aromatic N) is 3. The Labute approximate surface area is 125 Å². The summed E-state index contributed by atoms with van der Waals surface area (Å²) in [6.07, 6.45) is 1.89. The van der Waals surface area contributed by atoms with E-state index >= 15 is 0 Å². The standard InChI is InChI=1S/C16H23N3O2/c1-4-7-15-17-16(21-18-15)12-19(3)10-11-20-14-9-6-5-8-13(14)2/h5-6,8-9H,4,7,10-12H2,1-3H3. The summed E-state index contributed by atoms with van der Waals surface area (Å²) in [6.45, 7) is 6.24. The van der Waals surface area contributed by atoms with Gasteiger partial charge in [0.25, 0.3) is 0 Å². The summed E-state index contributed by atoms with van der Waals surface area (Å²) >= 11 is 0. The van der Waals surface area contributed by atoms with Gasteiger partial charge >= 0.3 is 0 Å². The van der Waals surface area contributed by atoms with Crippen molar-refractivity contribution in [1.29, 1.82) is 0 Å². The molecule has 0 saturated carbocycles. The quantitative estimate of drug-likeness (QED) is 0.748. The van der Waals surface area contributed by atoms with Crippen molar-refractivity contribution in [3.63, 3.8) is 0 Å². The third-order valence-corrected chi connectivity index (χ3v) is 3.21. The molecule has 114 valence electrons. The minimum absolute atomic E-state index is 0.636. The van der Waals surface area contributed by atoms with Crippen molar-refractivity contribution in [2.45, 2.75) is 33.2 Å². The van der Waals surface area contributed by atoms with E-state index in [1.54, 1.807) is 0 Å². The van der Waals surface area contributed by atoms with Crippen molar-refractivity contribution in [3.05, 3.63) is 41.5 Å². The van der Waals surface area contributed by atoms with E-state index in [9.17, 15) is 0 Å². The summed E-state index contributed by atoms with van der Waals surface area (Å²) in [7, 11) is 2.02. The van der Waals surface area contributed by atoms with E-state index in [0.29, 0.717) is 19.0 Å². The maximum absolute atomic E-state index is 5.78. The van der Waals surface area contributed by atoms with Crippen molar-refractivity contribution in [3.8, 4) is 5.75 Å². The smallest absolute Gasteiger partial charge is 0.240 e. The van der Waals surface area contributed by atoms with Crippen molar-refractivity contribution in [2.75, 3.05) is 20.2 Å². The first-order valence-corrected chi connectivity index (χ1v) is 7.37. The van der Waals surface area contributed by atoms with E-state index in [1.807, 2.05) is 38.2 Å². The molecular formula is C16H23N3O2. The third kappa shape index (κ3) is 4.86. The SMILES string of the molecule is CCCc1noc(CN(C)CCOc2ccccc2C)n1. The molecule has 0 fully saturated rings. The zero-order valence-electron chi connectivity index (χ0n) is 13.0. The van der Waals surface area contributed by atoms with E-state index in [4.69, 9.17) is 9.26 Å². The van der Waals surface area contributed by atoms with Gasteiger partial charge in [-0.1, -0.05) is 30.3 Å². The number of aromatic nitrogens is 2. The van der Waals surface area contributed by atoms with Gasteiger partial charge in [0.2, 0.25) is 5.89 Å². The molecule has 0 spiro atoms. The lowest BCUT2D eigenvalue weighted by Gasteiger charge is -2.15. The monoisotopic (exact) mass is 289 g/mol. The minimum atomic E-state index is 0.636. The number of likely N-dealkylation sites (N-methyl/N-ethyl adjacent to an activating group) is 1. The molecule has 1 aromatic carbocycles. The molecule has 0 unspecified atom stereocenters. The Morgan fingerprint density at radius 1 is 1.29 bits per heavy atom. The molecule has 0 aliphatic rings. The molecular weight excluding hydrogens is 266 g/mol. The summed E-state index contributed by atoms with van der Waals surface area (Å²) in [4.78, 5) is 6.47. The largest absolute Gasteiger partial charge is 0.492 e. The van der Waals surface area contributed by atoms with Crippen LogP contribution in [0.4, 0.5) is 0 Å². The highest BCUT2D eigenvalue weighted by Gasteiger charge is 2.08. The lowest BCUT2D eigenvalue weighted by atomic mass is 10.2. The van der Waals surface area contributed by atoms with Crippen molar-refractivity contribution in [2.24, 2.45) is 0 Å². The molecule has 5 heteroatoms. The Morgan fingerprint density at radius 3 is 2.86 bits per heavy atom. The average Bonchev–Trinajstić information content (AvgIpc) is 2.88. The molecule has 0 amide bonds. The number of aryl methyl sites for hydroxylation is 2. The number of hydrogen-bond acceptors (Lipinski definition) is 5. The Balaban J connectivity index is 1.74. The summed E-state index contributed by atoms with van der Waals surface area (Å²) < 4.78 is 11.0. The van der Waals surface area contributed by atoms with Crippen molar-refractivity contribution >= 4 is 0 Å². The number of ether oxygens (including phenoxy) is 1. The van der Waals surface area contributed by atoms with E-state index < -0.39 is 0 Å². The fourth-order valence-electron chi connectivity index (χ4n) is 2.02. The van der Waals surface area contributed by atoms with Crippen LogP contribution in [0.5, 0.6) is 5.75 Å². The maximum atomic E-state index is 5.78. The highest BCUT2D eigenvalue weighted by atomic mass is 16.5. The van der Waals surface area contributed by atoms with Gasteiger partial charge in [0.05, 0.1) is 6.54 Å². The maximum Gasteiger partial charge on any atom is 0.240 e. The van der Waals surface area contributed by atoms with Crippen LogP contribution in [0, 0.1) is 6.92 Å². The molecule has 21 heavy (non-hydrogen) atoms. The summed E-state index contributed by atoms with van der Waals surface area (Å²) in [5.41, 5.74) is 1.15. The highest BCUT2D eigenvalue weighted by Crippen LogP contribution is 2.15. The van der Waals surface area contributed by atoms with Crippen LogP contribution >= 0.6 is 0 Å². The average molecular weight is 289 g/mol. The lowest BCUT2D eigenvalue weighted by molar-refractivity contribution is 0.212. The van der Waals surface area contributed by atoms with E-state index in [2.05, 4.69) is 22.0 Å². The predicted molar refractivity (Wildman–Crippen MR) is 81.3 cm³/mol. The zero-order valence-corrected chi connectivity index (χ0v) is 13.0. The highest BCUT2D eigenvalue weighted by molar-refractivity contribution is 5.31. The van der Waals surface area contributed by atoms with Gasteiger partial charge in [-0.3, -0.25) is 4.90 Å². The third-order valence-electron chi connectivity index (χ3n) is 3.21. The fraction of sp³-hybridized carbons (Fsp3) is 0.500. The predicted octanol–water partition coefficient (Wildman–Crippen LogP) is 2.84. The molecule has 0 saturated heterocycles. The first-order chi connectivity index (χ1) is 10.2. The van der Waals surface area contributed by atoms with Crippen LogP contribution in [-0.2, 0) is 13.0 Å². The number of para-hydroxylation sites is 1. The Kier molecular flexibility index (Phi) is 5.75. The van der Waals surface area contributed by atoms with Crippen LogP contribution < -0.4 is 4.74 Å². The Bertz CT molecular complexity index is 554. The molecule has 0 bridgehead atoms. The molecule has 0 atom stereocenters.